The lowest BCUT2D eigenvalue weighted by atomic mass is 9.77. The normalized spacial score (nSPS) is 26.4. The number of aryl methyl sites for hydroxylation is 1. The lowest BCUT2D eigenvalue weighted by molar-refractivity contribution is -0.125. The van der Waals surface area contributed by atoms with Gasteiger partial charge in [-0.2, -0.15) is 9.40 Å². The summed E-state index contributed by atoms with van der Waals surface area (Å²) in [5.74, 6) is -0.158. The minimum absolute atomic E-state index is 0.0213. The first-order valence-corrected chi connectivity index (χ1v) is 10.5. The largest absolute Gasteiger partial charge is 0.349 e. The second-order valence-electron chi connectivity index (χ2n) is 7.41. The minimum atomic E-state index is -3.70. The number of aromatic nitrogens is 3. The third kappa shape index (κ3) is 2.94. The maximum Gasteiger partial charge on any atom is 0.246 e. The van der Waals surface area contributed by atoms with Crippen molar-refractivity contribution in [3.63, 3.8) is 0 Å². The van der Waals surface area contributed by atoms with E-state index in [4.69, 9.17) is 0 Å². The zero-order valence-corrected chi connectivity index (χ0v) is 16.2. The predicted octanol–water partition coefficient (Wildman–Crippen LogP) is 0.951. The highest BCUT2D eigenvalue weighted by Crippen LogP contribution is 2.43. The van der Waals surface area contributed by atoms with Crippen LogP contribution in [-0.2, 0) is 21.9 Å². The third-order valence-electron chi connectivity index (χ3n) is 5.82. The van der Waals surface area contributed by atoms with E-state index in [-0.39, 0.29) is 23.3 Å². The van der Waals surface area contributed by atoms with Gasteiger partial charge in [0.25, 0.3) is 0 Å². The molecule has 0 aromatic carbocycles. The van der Waals surface area contributed by atoms with Gasteiger partial charge in [0.2, 0.25) is 15.9 Å². The summed E-state index contributed by atoms with van der Waals surface area (Å²) in [6.45, 7) is 2.31. The molecule has 0 aliphatic carbocycles. The molecule has 4 rings (SSSR count). The molecular formula is C18H23N5O3S. The van der Waals surface area contributed by atoms with Crippen LogP contribution >= 0.6 is 0 Å². The Morgan fingerprint density at radius 1 is 1.33 bits per heavy atom. The van der Waals surface area contributed by atoms with Gasteiger partial charge < -0.3 is 5.32 Å². The first kappa shape index (κ1) is 18.1. The van der Waals surface area contributed by atoms with Gasteiger partial charge in [0.05, 0.1) is 17.4 Å². The number of hydrogen-bond acceptors (Lipinski definition) is 5. The molecule has 144 valence electrons. The fourth-order valence-corrected chi connectivity index (χ4v) is 5.98. The van der Waals surface area contributed by atoms with Crippen molar-refractivity contribution >= 4 is 15.9 Å². The molecule has 0 bridgehead atoms. The molecule has 2 aromatic rings. The van der Waals surface area contributed by atoms with Crippen LogP contribution in [0.15, 0.2) is 35.6 Å². The summed E-state index contributed by atoms with van der Waals surface area (Å²) in [7, 11) is -1.98. The number of carbonyl (C=O) groups is 1. The summed E-state index contributed by atoms with van der Waals surface area (Å²) in [6.07, 6.45) is 6.83. The van der Waals surface area contributed by atoms with Crippen LogP contribution in [0.25, 0.3) is 0 Å². The topological polar surface area (TPSA) is 97.2 Å². The molecule has 2 saturated heterocycles. The van der Waals surface area contributed by atoms with E-state index in [1.807, 2.05) is 12.1 Å². The molecule has 1 N–H and O–H groups in total. The second kappa shape index (κ2) is 6.42. The van der Waals surface area contributed by atoms with Crippen molar-refractivity contribution in [2.45, 2.75) is 42.5 Å². The first-order chi connectivity index (χ1) is 12.8. The van der Waals surface area contributed by atoms with Gasteiger partial charge in [-0.3, -0.25) is 14.5 Å². The maximum absolute atomic E-state index is 13.3. The Labute approximate surface area is 158 Å². The van der Waals surface area contributed by atoms with Crippen molar-refractivity contribution in [3.05, 3.63) is 42.0 Å². The first-order valence-electron chi connectivity index (χ1n) is 9.03. The molecule has 2 aliphatic rings. The van der Waals surface area contributed by atoms with Crippen molar-refractivity contribution in [1.29, 1.82) is 0 Å². The molecule has 0 saturated carbocycles. The van der Waals surface area contributed by atoms with Crippen LogP contribution in [0.5, 0.6) is 0 Å². The third-order valence-corrected chi connectivity index (χ3v) is 7.74. The van der Waals surface area contributed by atoms with E-state index in [9.17, 15) is 13.2 Å². The van der Waals surface area contributed by atoms with Crippen molar-refractivity contribution in [2.24, 2.45) is 7.05 Å². The van der Waals surface area contributed by atoms with Gasteiger partial charge in [-0.1, -0.05) is 6.07 Å². The zero-order chi connectivity index (χ0) is 19.2. The van der Waals surface area contributed by atoms with Gasteiger partial charge in [-0.15, -0.1) is 0 Å². The summed E-state index contributed by atoms with van der Waals surface area (Å²) in [5, 5.41) is 7.20. The number of pyridine rings is 1. The van der Waals surface area contributed by atoms with Crippen molar-refractivity contribution in [2.75, 3.05) is 13.1 Å². The van der Waals surface area contributed by atoms with E-state index in [1.54, 1.807) is 31.0 Å². The fourth-order valence-electron chi connectivity index (χ4n) is 4.28. The molecule has 1 spiro atoms. The fraction of sp³-hybridized carbons (Fsp3) is 0.500. The summed E-state index contributed by atoms with van der Waals surface area (Å²) >= 11 is 0. The SMILES string of the molecule is Cc1c(S(=O)(=O)N2C[C@@H](c3cccnc3)[C@@]3(CCCC(=O)N3)C2)cnn1C. The van der Waals surface area contributed by atoms with Gasteiger partial charge in [0.15, 0.2) is 0 Å². The molecule has 8 nitrogen and oxygen atoms in total. The maximum atomic E-state index is 13.3. The average Bonchev–Trinajstić information content (AvgIpc) is 3.17. The summed E-state index contributed by atoms with van der Waals surface area (Å²) in [6, 6.07) is 3.79. The van der Waals surface area contributed by atoms with Gasteiger partial charge in [-0.25, -0.2) is 8.42 Å². The zero-order valence-electron chi connectivity index (χ0n) is 15.4. The smallest absolute Gasteiger partial charge is 0.246 e. The second-order valence-corrected chi connectivity index (χ2v) is 9.32. The van der Waals surface area contributed by atoms with Crippen molar-refractivity contribution in [1.82, 2.24) is 24.4 Å². The van der Waals surface area contributed by atoms with Crippen LogP contribution in [0.2, 0.25) is 0 Å². The molecule has 0 unspecified atom stereocenters. The van der Waals surface area contributed by atoms with Crippen molar-refractivity contribution < 1.29 is 13.2 Å². The Bertz CT molecular complexity index is 972. The van der Waals surface area contributed by atoms with E-state index < -0.39 is 15.6 Å². The Kier molecular flexibility index (Phi) is 4.31. The van der Waals surface area contributed by atoms with E-state index in [1.165, 1.54) is 10.5 Å². The van der Waals surface area contributed by atoms with Crippen LogP contribution in [0.3, 0.4) is 0 Å². The number of rotatable bonds is 3. The van der Waals surface area contributed by atoms with Crippen LogP contribution < -0.4 is 5.32 Å². The Balaban J connectivity index is 1.75. The van der Waals surface area contributed by atoms with Gasteiger partial charge in [-0.05, 0) is 31.4 Å². The Morgan fingerprint density at radius 3 is 2.78 bits per heavy atom. The van der Waals surface area contributed by atoms with Gasteiger partial charge >= 0.3 is 0 Å². The molecule has 2 aromatic heterocycles. The van der Waals surface area contributed by atoms with Gasteiger partial charge in [0, 0.05) is 44.9 Å². The number of carbonyl (C=O) groups excluding carboxylic acids is 1. The number of amides is 1. The lowest BCUT2D eigenvalue weighted by Crippen LogP contribution is -2.56. The van der Waals surface area contributed by atoms with Crippen LogP contribution in [0, 0.1) is 6.92 Å². The van der Waals surface area contributed by atoms with E-state index >= 15 is 0 Å². The molecule has 0 radical (unpaired) electrons. The molecule has 2 aliphatic heterocycles. The van der Waals surface area contributed by atoms with Gasteiger partial charge in [0.1, 0.15) is 4.90 Å². The van der Waals surface area contributed by atoms with E-state index in [0.29, 0.717) is 18.7 Å². The summed E-state index contributed by atoms with van der Waals surface area (Å²) in [4.78, 5) is 16.6. The Hall–Kier alpha value is -2.26. The average molecular weight is 389 g/mol. The van der Waals surface area contributed by atoms with Crippen LogP contribution in [-0.4, -0.2) is 52.0 Å². The van der Waals surface area contributed by atoms with Crippen LogP contribution in [0.4, 0.5) is 0 Å². The number of piperidine rings is 1. The number of nitrogens with zero attached hydrogens (tertiary/aromatic N) is 4. The number of hydrogen-bond donors (Lipinski definition) is 1. The predicted molar refractivity (Wildman–Crippen MR) is 98.4 cm³/mol. The molecule has 27 heavy (non-hydrogen) atoms. The standard InChI is InChI=1S/C18H23N5O3S/c1-13-16(10-20-22(13)2)27(25,26)23-11-15(14-5-4-8-19-9-14)18(12-23)7-3-6-17(24)21-18/h4-5,8-10,15H,3,6-7,11-12H2,1-2H3,(H,21,24)/t15-,18+/m0/s1. The monoisotopic (exact) mass is 389 g/mol. The highest BCUT2D eigenvalue weighted by molar-refractivity contribution is 7.89. The lowest BCUT2D eigenvalue weighted by Gasteiger charge is -2.39. The number of nitrogens with one attached hydrogen (secondary N) is 1. The molecular weight excluding hydrogens is 366 g/mol. The van der Waals surface area contributed by atoms with Crippen LogP contribution in [0.1, 0.15) is 36.4 Å². The molecule has 2 atom stereocenters. The van der Waals surface area contributed by atoms with E-state index in [2.05, 4.69) is 15.4 Å². The minimum Gasteiger partial charge on any atom is -0.349 e. The Morgan fingerprint density at radius 2 is 2.15 bits per heavy atom. The molecule has 1 amide bonds. The highest BCUT2D eigenvalue weighted by atomic mass is 32.2. The number of sulfonamides is 1. The van der Waals surface area contributed by atoms with Crippen molar-refractivity contribution in [3.8, 4) is 0 Å². The highest BCUT2D eigenvalue weighted by Gasteiger charge is 2.52. The molecule has 9 heteroatoms. The van der Waals surface area contributed by atoms with E-state index in [0.717, 1.165) is 18.4 Å². The summed E-state index contributed by atoms with van der Waals surface area (Å²) in [5.41, 5.74) is 0.948. The quantitative estimate of drug-likeness (QED) is 0.843. The molecule has 4 heterocycles. The summed E-state index contributed by atoms with van der Waals surface area (Å²) < 4.78 is 29.6. The molecule has 2 fully saturated rings.